The van der Waals surface area contributed by atoms with Crippen LogP contribution in [-0.2, 0) is 19.1 Å². The standard InChI is InChI=1S/C16H16Cl3NO5/c1-24-16(23)10-5-7-11(8-6-10)20-13(21)3-2-4-14(22)25-9-12(17)15(18)19/h5-8H,2-4,9H2,1H3,(H,20,21). The molecule has 1 rings (SSSR count). The molecule has 0 saturated heterocycles. The first-order chi connectivity index (χ1) is 11.8. The number of hydrogen-bond acceptors (Lipinski definition) is 5. The van der Waals surface area contributed by atoms with Crippen LogP contribution in [0, 0.1) is 0 Å². The molecule has 6 nitrogen and oxygen atoms in total. The molecule has 0 aliphatic heterocycles. The third-order valence-electron chi connectivity index (χ3n) is 2.94. The summed E-state index contributed by atoms with van der Waals surface area (Å²) in [6.07, 6.45) is 0.493. The van der Waals surface area contributed by atoms with E-state index < -0.39 is 11.9 Å². The Morgan fingerprint density at radius 1 is 1.04 bits per heavy atom. The maximum Gasteiger partial charge on any atom is 0.337 e. The molecule has 9 heteroatoms. The van der Waals surface area contributed by atoms with Crippen LogP contribution in [0.2, 0.25) is 0 Å². The summed E-state index contributed by atoms with van der Waals surface area (Å²) in [7, 11) is 1.29. The second-order valence-corrected chi connectivity index (χ2v) is 6.20. The number of hydrogen-bond donors (Lipinski definition) is 1. The molecule has 25 heavy (non-hydrogen) atoms. The maximum atomic E-state index is 11.8. The molecule has 0 heterocycles. The van der Waals surface area contributed by atoms with Crippen molar-refractivity contribution in [3.05, 3.63) is 39.4 Å². The monoisotopic (exact) mass is 407 g/mol. The lowest BCUT2D eigenvalue weighted by Crippen LogP contribution is -2.13. The quantitative estimate of drug-likeness (QED) is 0.657. The molecule has 1 aromatic carbocycles. The number of ether oxygens (including phenoxy) is 2. The van der Waals surface area contributed by atoms with E-state index >= 15 is 0 Å². The Morgan fingerprint density at radius 3 is 2.24 bits per heavy atom. The van der Waals surface area contributed by atoms with E-state index in [1.54, 1.807) is 12.1 Å². The van der Waals surface area contributed by atoms with Gasteiger partial charge in [0.2, 0.25) is 5.91 Å². The van der Waals surface area contributed by atoms with E-state index in [9.17, 15) is 14.4 Å². The van der Waals surface area contributed by atoms with E-state index in [2.05, 4.69) is 10.1 Å². The van der Waals surface area contributed by atoms with Crippen LogP contribution in [0.4, 0.5) is 5.69 Å². The molecule has 0 aromatic heterocycles. The number of methoxy groups -OCH3 is 1. The smallest absolute Gasteiger partial charge is 0.337 e. The Balaban J connectivity index is 2.32. The zero-order valence-electron chi connectivity index (χ0n) is 13.3. The number of carbonyl (C=O) groups is 3. The van der Waals surface area contributed by atoms with Gasteiger partial charge in [0.25, 0.3) is 0 Å². The topological polar surface area (TPSA) is 81.7 Å². The minimum Gasteiger partial charge on any atom is -0.465 e. The molecule has 1 N–H and O–H groups in total. The summed E-state index contributed by atoms with van der Waals surface area (Å²) in [4.78, 5) is 34.6. The van der Waals surface area contributed by atoms with Crippen molar-refractivity contribution in [2.75, 3.05) is 19.0 Å². The molecule has 0 radical (unpaired) electrons. The second kappa shape index (κ2) is 11.0. The minimum atomic E-state index is -0.511. The highest BCUT2D eigenvalue weighted by Gasteiger charge is 2.09. The number of halogens is 3. The van der Waals surface area contributed by atoms with E-state index in [0.717, 1.165) is 0 Å². The Kier molecular flexibility index (Phi) is 9.34. The van der Waals surface area contributed by atoms with Gasteiger partial charge in [-0.15, -0.1) is 0 Å². The van der Waals surface area contributed by atoms with Crippen LogP contribution in [0.5, 0.6) is 0 Å². The number of amides is 1. The van der Waals surface area contributed by atoms with Gasteiger partial charge in [-0.2, -0.15) is 0 Å². The predicted molar refractivity (Wildman–Crippen MR) is 95.8 cm³/mol. The lowest BCUT2D eigenvalue weighted by Gasteiger charge is -2.06. The van der Waals surface area contributed by atoms with Crippen molar-refractivity contribution >= 4 is 58.3 Å². The van der Waals surface area contributed by atoms with E-state index in [1.807, 2.05) is 0 Å². The molecule has 0 atom stereocenters. The van der Waals surface area contributed by atoms with Crippen LogP contribution < -0.4 is 5.32 Å². The minimum absolute atomic E-state index is 0.0322. The van der Waals surface area contributed by atoms with Gasteiger partial charge < -0.3 is 14.8 Å². The Bertz CT molecular complexity index is 654. The zero-order valence-corrected chi connectivity index (χ0v) is 15.6. The Labute approximate surface area is 160 Å². The van der Waals surface area contributed by atoms with E-state index in [0.29, 0.717) is 17.7 Å². The van der Waals surface area contributed by atoms with E-state index in [-0.39, 0.29) is 34.9 Å². The SMILES string of the molecule is COC(=O)c1ccc(NC(=O)CCCC(=O)OCC(Cl)=C(Cl)Cl)cc1. The van der Waals surface area contributed by atoms with Gasteiger partial charge in [0.1, 0.15) is 11.1 Å². The van der Waals surface area contributed by atoms with Gasteiger partial charge in [-0.3, -0.25) is 9.59 Å². The second-order valence-electron chi connectivity index (χ2n) is 4.80. The fraction of sp³-hybridized carbons (Fsp3) is 0.312. The highest BCUT2D eigenvalue weighted by atomic mass is 35.5. The van der Waals surface area contributed by atoms with Gasteiger partial charge in [-0.25, -0.2) is 4.79 Å². The third-order valence-corrected chi connectivity index (χ3v) is 3.89. The van der Waals surface area contributed by atoms with Crippen LogP contribution in [-0.4, -0.2) is 31.6 Å². The van der Waals surface area contributed by atoms with Gasteiger partial charge in [0.05, 0.1) is 17.7 Å². The summed E-state index contributed by atoms with van der Waals surface area (Å²) in [5.74, 6) is -1.23. The lowest BCUT2D eigenvalue weighted by molar-refractivity contribution is -0.142. The Hall–Kier alpha value is -1.76. The number of esters is 2. The van der Waals surface area contributed by atoms with Crippen LogP contribution >= 0.6 is 34.8 Å². The first-order valence-electron chi connectivity index (χ1n) is 7.17. The number of anilines is 1. The molecule has 1 aromatic rings. The first kappa shape index (κ1) is 21.3. The van der Waals surface area contributed by atoms with Gasteiger partial charge in [0, 0.05) is 18.5 Å². The van der Waals surface area contributed by atoms with Crippen LogP contribution in [0.3, 0.4) is 0 Å². The molecule has 0 aliphatic carbocycles. The van der Waals surface area contributed by atoms with Gasteiger partial charge in [0.15, 0.2) is 0 Å². The van der Waals surface area contributed by atoms with Crippen molar-refractivity contribution in [1.82, 2.24) is 0 Å². The fourth-order valence-electron chi connectivity index (χ4n) is 1.69. The van der Waals surface area contributed by atoms with Crippen LogP contribution in [0.1, 0.15) is 29.6 Å². The lowest BCUT2D eigenvalue weighted by atomic mass is 10.2. The molecule has 0 saturated carbocycles. The molecule has 0 bridgehead atoms. The average Bonchev–Trinajstić information content (AvgIpc) is 2.59. The highest BCUT2D eigenvalue weighted by molar-refractivity contribution is 6.59. The van der Waals surface area contributed by atoms with Crippen molar-refractivity contribution in [2.45, 2.75) is 19.3 Å². The van der Waals surface area contributed by atoms with Crippen molar-refractivity contribution in [1.29, 1.82) is 0 Å². The fourth-order valence-corrected chi connectivity index (χ4v) is 1.86. The first-order valence-corrected chi connectivity index (χ1v) is 8.30. The van der Waals surface area contributed by atoms with Crippen LogP contribution in [0.25, 0.3) is 0 Å². The van der Waals surface area contributed by atoms with Crippen molar-refractivity contribution < 1.29 is 23.9 Å². The number of rotatable bonds is 8. The largest absolute Gasteiger partial charge is 0.465 e. The van der Waals surface area contributed by atoms with E-state index in [1.165, 1.54) is 19.2 Å². The summed E-state index contributed by atoms with van der Waals surface area (Å²) in [5.41, 5.74) is 0.918. The van der Waals surface area contributed by atoms with Gasteiger partial charge in [-0.1, -0.05) is 34.8 Å². The summed E-state index contributed by atoms with van der Waals surface area (Å²) in [6, 6.07) is 6.25. The number of nitrogens with one attached hydrogen (secondary N) is 1. The maximum absolute atomic E-state index is 11.8. The third kappa shape index (κ3) is 8.25. The zero-order chi connectivity index (χ0) is 18.8. The van der Waals surface area contributed by atoms with Crippen molar-refractivity contribution in [2.24, 2.45) is 0 Å². The highest BCUT2D eigenvalue weighted by Crippen LogP contribution is 2.18. The number of benzene rings is 1. The molecular weight excluding hydrogens is 393 g/mol. The molecule has 0 aliphatic rings. The van der Waals surface area contributed by atoms with Gasteiger partial charge >= 0.3 is 11.9 Å². The van der Waals surface area contributed by atoms with Crippen molar-refractivity contribution in [3.63, 3.8) is 0 Å². The summed E-state index contributed by atoms with van der Waals surface area (Å²) in [5, 5.41) is 2.69. The predicted octanol–water partition coefficient (Wildman–Crippen LogP) is 4.01. The molecule has 1 amide bonds. The van der Waals surface area contributed by atoms with Crippen LogP contribution in [0.15, 0.2) is 33.8 Å². The van der Waals surface area contributed by atoms with E-state index in [4.69, 9.17) is 39.5 Å². The average molecular weight is 409 g/mol. The number of carbonyl (C=O) groups excluding carboxylic acids is 3. The molecule has 136 valence electrons. The summed E-state index contributed by atoms with van der Waals surface area (Å²) >= 11 is 16.4. The molecule has 0 unspecified atom stereocenters. The molecular formula is C16H16Cl3NO5. The van der Waals surface area contributed by atoms with Crippen molar-refractivity contribution in [3.8, 4) is 0 Å². The molecule has 0 fully saturated rings. The Morgan fingerprint density at radius 2 is 1.68 bits per heavy atom. The normalized spacial score (nSPS) is 9.92. The molecule has 0 spiro atoms. The summed E-state index contributed by atoms with van der Waals surface area (Å²) in [6.45, 7) is -0.207. The summed E-state index contributed by atoms with van der Waals surface area (Å²) < 4.78 is 9.26. The van der Waals surface area contributed by atoms with Gasteiger partial charge in [-0.05, 0) is 30.7 Å².